The van der Waals surface area contributed by atoms with Gasteiger partial charge in [-0.25, -0.2) is 4.79 Å². The number of amides is 1. The molecule has 0 aromatic heterocycles. The summed E-state index contributed by atoms with van der Waals surface area (Å²) in [4.78, 5) is 22.1. The number of carboxylic acid groups (broad SMARTS) is 1. The molecule has 0 saturated heterocycles. The summed E-state index contributed by atoms with van der Waals surface area (Å²) in [6.07, 6.45) is 5.88. The van der Waals surface area contributed by atoms with E-state index >= 15 is 0 Å². The lowest BCUT2D eigenvalue weighted by atomic mass is 10.1. The van der Waals surface area contributed by atoms with Crippen molar-refractivity contribution in [2.24, 2.45) is 5.73 Å². The van der Waals surface area contributed by atoms with Crippen molar-refractivity contribution in [3.8, 4) is 12.3 Å². The lowest BCUT2D eigenvalue weighted by Crippen LogP contribution is -2.41. The average Bonchev–Trinajstić information content (AvgIpc) is 2.39. The summed E-state index contributed by atoms with van der Waals surface area (Å²) < 4.78 is 0. The van der Waals surface area contributed by atoms with Crippen molar-refractivity contribution in [1.29, 1.82) is 0 Å². The highest BCUT2D eigenvalue weighted by Gasteiger charge is 2.10. The summed E-state index contributed by atoms with van der Waals surface area (Å²) in [6.45, 7) is 0.434. The maximum atomic E-state index is 11.5. The Balaban J connectivity index is 2.39. The molecule has 4 N–H and O–H groups in total. The number of hydrogen-bond acceptors (Lipinski definition) is 3. The van der Waals surface area contributed by atoms with Crippen LogP contribution in [0, 0.1) is 12.3 Å². The topological polar surface area (TPSA) is 92.4 Å². The lowest BCUT2D eigenvalue weighted by Gasteiger charge is -2.09. The second kappa shape index (κ2) is 7.19. The van der Waals surface area contributed by atoms with Crippen molar-refractivity contribution in [1.82, 2.24) is 5.32 Å². The number of carbonyl (C=O) groups excluding carboxylic acids is 1. The summed E-state index contributed by atoms with van der Waals surface area (Å²) in [6, 6.07) is 5.82. The summed E-state index contributed by atoms with van der Waals surface area (Å²) in [5.41, 5.74) is 6.72. The number of aromatic carboxylic acids is 1. The van der Waals surface area contributed by atoms with E-state index in [0.717, 1.165) is 5.56 Å². The summed E-state index contributed by atoms with van der Waals surface area (Å²) in [5.74, 6) is 1.10. The molecule has 1 aromatic carbocycles. The van der Waals surface area contributed by atoms with Gasteiger partial charge in [0.2, 0.25) is 5.91 Å². The van der Waals surface area contributed by atoms with Crippen LogP contribution in [0.15, 0.2) is 24.3 Å². The van der Waals surface area contributed by atoms with E-state index in [4.69, 9.17) is 17.3 Å². The second-order valence-electron chi connectivity index (χ2n) is 4.06. The van der Waals surface area contributed by atoms with Crippen LogP contribution in [0.3, 0.4) is 0 Å². The molecule has 0 aliphatic rings. The minimum Gasteiger partial charge on any atom is -0.478 e. The zero-order valence-corrected chi connectivity index (χ0v) is 10.4. The molecule has 0 fully saturated rings. The normalized spacial score (nSPS) is 11.4. The van der Waals surface area contributed by atoms with Crippen molar-refractivity contribution in [3.05, 3.63) is 35.4 Å². The first-order valence-electron chi connectivity index (χ1n) is 5.83. The molecule has 0 spiro atoms. The molecule has 1 rings (SSSR count). The van der Waals surface area contributed by atoms with Crippen LogP contribution in [0.4, 0.5) is 0 Å². The molecule has 0 aliphatic carbocycles. The van der Waals surface area contributed by atoms with E-state index in [0.29, 0.717) is 13.0 Å². The van der Waals surface area contributed by atoms with Crippen LogP contribution in [0.5, 0.6) is 0 Å². The predicted octanol–water partition coefficient (Wildman–Crippen LogP) is 0.394. The standard InChI is InChI=1S/C14H16N2O3/c1-2-3-12(15)13(17)16-9-8-10-4-6-11(7-5-10)14(18)19/h1,4-7,12H,3,8-9,15H2,(H,16,17)(H,18,19). The van der Waals surface area contributed by atoms with Gasteiger partial charge in [-0.2, -0.15) is 0 Å². The van der Waals surface area contributed by atoms with E-state index in [-0.39, 0.29) is 17.9 Å². The molecular formula is C14H16N2O3. The lowest BCUT2D eigenvalue weighted by molar-refractivity contribution is -0.122. The first kappa shape index (κ1) is 14.7. The highest BCUT2D eigenvalue weighted by Crippen LogP contribution is 2.04. The highest BCUT2D eigenvalue weighted by molar-refractivity contribution is 5.87. The Morgan fingerprint density at radius 2 is 2.00 bits per heavy atom. The Morgan fingerprint density at radius 1 is 1.37 bits per heavy atom. The largest absolute Gasteiger partial charge is 0.478 e. The van der Waals surface area contributed by atoms with Gasteiger partial charge in [0.15, 0.2) is 0 Å². The van der Waals surface area contributed by atoms with Crippen LogP contribution in [0.1, 0.15) is 22.3 Å². The molecule has 1 amide bonds. The van der Waals surface area contributed by atoms with Gasteiger partial charge < -0.3 is 16.2 Å². The third-order valence-electron chi connectivity index (χ3n) is 2.59. The second-order valence-corrected chi connectivity index (χ2v) is 4.06. The molecule has 0 bridgehead atoms. The Bertz CT molecular complexity index is 488. The van der Waals surface area contributed by atoms with Gasteiger partial charge in [-0.3, -0.25) is 4.79 Å². The molecule has 0 heterocycles. The number of carboxylic acids is 1. The van der Waals surface area contributed by atoms with Crippen molar-refractivity contribution in [2.75, 3.05) is 6.54 Å². The Hall–Kier alpha value is -2.32. The maximum Gasteiger partial charge on any atom is 0.335 e. The SMILES string of the molecule is C#CCC(N)C(=O)NCCc1ccc(C(=O)O)cc1. The molecule has 5 heteroatoms. The fraction of sp³-hybridized carbons (Fsp3) is 0.286. The van der Waals surface area contributed by atoms with E-state index in [1.807, 2.05) is 0 Å². The number of hydrogen-bond donors (Lipinski definition) is 3. The highest BCUT2D eigenvalue weighted by atomic mass is 16.4. The van der Waals surface area contributed by atoms with Crippen molar-refractivity contribution < 1.29 is 14.7 Å². The van der Waals surface area contributed by atoms with Gasteiger partial charge in [-0.15, -0.1) is 12.3 Å². The van der Waals surface area contributed by atoms with E-state index in [1.165, 1.54) is 12.1 Å². The van der Waals surface area contributed by atoms with E-state index in [2.05, 4.69) is 11.2 Å². The van der Waals surface area contributed by atoms with Gasteiger partial charge in [-0.1, -0.05) is 12.1 Å². The maximum absolute atomic E-state index is 11.5. The number of rotatable bonds is 6. The van der Waals surface area contributed by atoms with E-state index < -0.39 is 12.0 Å². The van der Waals surface area contributed by atoms with Crippen molar-refractivity contribution >= 4 is 11.9 Å². The van der Waals surface area contributed by atoms with Gasteiger partial charge in [0.1, 0.15) is 0 Å². The van der Waals surface area contributed by atoms with Crippen molar-refractivity contribution in [2.45, 2.75) is 18.9 Å². The minimum atomic E-state index is -0.958. The zero-order chi connectivity index (χ0) is 14.3. The summed E-state index contributed by atoms with van der Waals surface area (Å²) in [5, 5.41) is 11.4. The molecule has 100 valence electrons. The Kier molecular flexibility index (Phi) is 5.58. The van der Waals surface area contributed by atoms with Crippen LogP contribution < -0.4 is 11.1 Å². The van der Waals surface area contributed by atoms with Crippen LogP contribution in [-0.4, -0.2) is 29.6 Å². The van der Waals surface area contributed by atoms with E-state index in [1.54, 1.807) is 12.1 Å². The summed E-state index contributed by atoms with van der Waals surface area (Å²) >= 11 is 0. The summed E-state index contributed by atoms with van der Waals surface area (Å²) in [7, 11) is 0. The van der Waals surface area contributed by atoms with Crippen LogP contribution in [0.25, 0.3) is 0 Å². The molecule has 5 nitrogen and oxygen atoms in total. The molecule has 0 radical (unpaired) electrons. The molecule has 0 saturated carbocycles. The van der Waals surface area contributed by atoms with Crippen LogP contribution in [0.2, 0.25) is 0 Å². The first-order valence-corrected chi connectivity index (χ1v) is 5.83. The van der Waals surface area contributed by atoms with Gasteiger partial charge in [0.25, 0.3) is 0 Å². The van der Waals surface area contributed by atoms with Gasteiger partial charge in [0.05, 0.1) is 11.6 Å². The van der Waals surface area contributed by atoms with Crippen LogP contribution >= 0.6 is 0 Å². The number of nitrogens with two attached hydrogens (primary N) is 1. The Labute approximate surface area is 111 Å². The third-order valence-corrected chi connectivity index (χ3v) is 2.59. The fourth-order valence-corrected chi connectivity index (χ4v) is 1.49. The number of benzene rings is 1. The monoisotopic (exact) mass is 260 g/mol. The molecule has 1 aromatic rings. The first-order chi connectivity index (χ1) is 9.04. The number of carbonyl (C=O) groups is 2. The zero-order valence-electron chi connectivity index (χ0n) is 10.4. The van der Waals surface area contributed by atoms with Gasteiger partial charge in [-0.05, 0) is 24.1 Å². The molecule has 19 heavy (non-hydrogen) atoms. The van der Waals surface area contributed by atoms with Crippen LogP contribution in [-0.2, 0) is 11.2 Å². The third kappa shape index (κ3) is 4.82. The van der Waals surface area contributed by atoms with Crippen molar-refractivity contribution in [3.63, 3.8) is 0 Å². The molecule has 1 atom stereocenters. The Morgan fingerprint density at radius 3 is 2.53 bits per heavy atom. The van der Waals surface area contributed by atoms with E-state index in [9.17, 15) is 9.59 Å². The van der Waals surface area contributed by atoms with Gasteiger partial charge in [0, 0.05) is 13.0 Å². The molecule has 1 unspecified atom stereocenters. The number of nitrogens with one attached hydrogen (secondary N) is 1. The fourth-order valence-electron chi connectivity index (χ4n) is 1.49. The quantitative estimate of drug-likeness (QED) is 0.645. The predicted molar refractivity (Wildman–Crippen MR) is 71.5 cm³/mol. The average molecular weight is 260 g/mol. The number of terminal acetylenes is 1. The molecular weight excluding hydrogens is 244 g/mol. The molecule has 0 aliphatic heterocycles. The minimum absolute atomic E-state index is 0.207. The smallest absolute Gasteiger partial charge is 0.335 e. The van der Waals surface area contributed by atoms with Gasteiger partial charge >= 0.3 is 5.97 Å².